The summed E-state index contributed by atoms with van der Waals surface area (Å²) < 4.78 is 24.8. The van der Waals surface area contributed by atoms with E-state index in [1.54, 1.807) is 4.90 Å². The number of aliphatic carboxylic acids is 1. The van der Waals surface area contributed by atoms with Crippen molar-refractivity contribution < 1.29 is 18.7 Å². The highest BCUT2D eigenvalue weighted by Crippen LogP contribution is 2.23. The van der Waals surface area contributed by atoms with Crippen molar-refractivity contribution in [2.45, 2.75) is 32.2 Å². The van der Waals surface area contributed by atoms with E-state index in [0.717, 1.165) is 0 Å². The molecule has 0 amide bonds. The summed E-state index contributed by atoms with van der Waals surface area (Å²) in [6.45, 7) is 2.35. The third-order valence-corrected chi connectivity index (χ3v) is 2.75. The second kappa shape index (κ2) is 4.68. The topological polar surface area (TPSA) is 40.5 Å². The number of nitrogens with zero attached hydrogens (tertiary/aromatic N) is 1. The molecule has 0 aromatic carbocycles. The van der Waals surface area contributed by atoms with Crippen molar-refractivity contribution in [1.82, 2.24) is 4.90 Å². The second-order valence-electron chi connectivity index (χ2n) is 3.75. The van der Waals surface area contributed by atoms with Crippen LogP contribution < -0.4 is 0 Å². The summed E-state index contributed by atoms with van der Waals surface area (Å²) in [6.07, 6.45) is -1.17. The molecule has 14 heavy (non-hydrogen) atoms. The third kappa shape index (κ3) is 2.64. The predicted molar refractivity (Wildman–Crippen MR) is 47.4 cm³/mol. The van der Waals surface area contributed by atoms with Gasteiger partial charge in [0.05, 0.1) is 0 Å². The highest BCUT2D eigenvalue weighted by molar-refractivity contribution is 5.72. The Bertz CT molecular complexity index is 211. The van der Waals surface area contributed by atoms with Crippen molar-refractivity contribution in [3.05, 3.63) is 0 Å². The van der Waals surface area contributed by atoms with Crippen LogP contribution in [-0.4, -0.2) is 41.5 Å². The van der Waals surface area contributed by atoms with Crippen LogP contribution in [0.3, 0.4) is 0 Å². The van der Waals surface area contributed by atoms with E-state index in [0.29, 0.717) is 19.4 Å². The quantitative estimate of drug-likeness (QED) is 0.761. The van der Waals surface area contributed by atoms with Gasteiger partial charge in [-0.2, -0.15) is 0 Å². The first-order valence-corrected chi connectivity index (χ1v) is 4.77. The van der Waals surface area contributed by atoms with Gasteiger partial charge in [0.25, 0.3) is 0 Å². The van der Waals surface area contributed by atoms with Crippen LogP contribution in [0, 0.1) is 5.92 Å². The van der Waals surface area contributed by atoms with Gasteiger partial charge in [0.2, 0.25) is 6.43 Å². The van der Waals surface area contributed by atoms with Gasteiger partial charge in [0.1, 0.15) is 6.04 Å². The van der Waals surface area contributed by atoms with Gasteiger partial charge in [0.15, 0.2) is 0 Å². The number of hydrogen-bond donors (Lipinski definition) is 1. The van der Waals surface area contributed by atoms with Gasteiger partial charge in [-0.1, -0.05) is 0 Å². The van der Waals surface area contributed by atoms with E-state index in [1.165, 1.54) is 6.92 Å². The zero-order valence-corrected chi connectivity index (χ0v) is 8.12. The monoisotopic (exact) mass is 207 g/mol. The summed E-state index contributed by atoms with van der Waals surface area (Å²) >= 11 is 0. The summed E-state index contributed by atoms with van der Waals surface area (Å²) in [4.78, 5) is 12.3. The molecule has 1 N–H and O–H groups in total. The van der Waals surface area contributed by atoms with E-state index in [4.69, 9.17) is 5.11 Å². The maximum atomic E-state index is 12.4. The zero-order valence-electron chi connectivity index (χ0n) is 8.12. The van der Waals surface area contributed by atoms with Gasteiger partial charge in [-0.15, -0.1) is 0 Å². The molecule has 0 unspecified atom stereocenters. The molecule has 0 radical (unpaired) electrons. The minimum atomic E-state index is -2.33. The molecule has 0 bridgehead atoms. The van der Waals surface area contributed by atoms with E-state index in [2.05, 4.69) is 0 Å². The molecule has 2 atom stereocenters. The lowest BCUT2D eigenvalue weighted by Crippen LogP contribution is -2.46. The van der Waals surface area contributed by atoms with E-state index in [1.807, 2.05) is 0 Å². The number of alkyl halides is 2. The Kier molecular flexibility index (Phi) is 3.80. The average molecular weight is 207 g/mol. The van der Waals surface area contributed by atoms with Crippen LogP contribution in [-0.2, 0) is 4.79 Å². The van der Waals surface area contributed by atoms with Crippen LogP contribution >= 0.6 is 0 Å². The molecule has 82 valence electrons. The number of likely N-dealkylation sites (tertiary alicyclic amines) is 1. The molecule has 1 rings (SSSR count). The Morgan fingerprint density at radius 2 is 2.21 bits per heavy atom. The number of halogens is 2. The average Bonchev–Trinajstić information content (AvgIpc) is 2.16. The molecule has 0 aromatic heterocycles. The molecule has 0 aliphatic carbocycles. The van der Waals surface area contributed by atoms with E-state index >= 15 is 0 Å². The fourth-order valence-electron chi connectivity index (χ4n) is 1.75. The molecule has 1 aliphatic heterocycles. The van der Waals surface area contributed by atoms with Crippen molar-refractivity contribution in [2.75, 3.05) is 13.1 Å². The summed E-state index contributed by atoms with van der Waals surface area (Å²) in [7, 11) is 0. The van der Waals surface area contributed by atoms with Crippen LogP contribution in [0.25, 0.3) is 0 Å². The summed E-state index contributed by atoms with van der Waals surface area (Å²) in [5.74, 6) is -1.61. The molecule has 1 heterocycles. The Morgan fingerprint density at radius 3 is 2.71 bits per heavy atom. The van der Waals surface area contributed by atoms with Gasteiger partial charge in [-0.05, 0) is 26.3 Å². The lowest BCUT2D eigenvalue weighted by molar-refractivity contribution is -0.143. The molecule has 0 spiro atoms. The van der Waals surface area contributed by atoms with Crippen molar-refractivity contribution in [1.29, 1.82) is 0 Å². The van der Waals surface area contributed by atoms with Crippen molar-refractivity contribution >= 4 is 5.97 Å². The van der Waals surface area contributed by atoms with Gasteiger partial charge in [0, 0.05) is 12.5 Å². The van der Waals surface area contributed by atoms with Crippen LogP contribution in [0.4, 0.5) is 8.78 Å². The van der Waals surface area contributed by atoms with E-state index < -0.39 is 24.4 Å². The summed E-state index contributed by atoms with van der Waals surface area (Å²) in [5, 5.41) is 8.73. The number of piperidine rings is 1. The summed E-state index contributed by atoms with van der Waals surface area (Å²) in [5.41, 5.74) is 0. The SMILES string of the molecule is C[C@@H](C(=O)O)N1CCC[C@@H](C(F)F)C1. The van der Waals surface area contributed by atoms with Gasteiger partial charge < -0.3 is 5.11 Å². The van der Waals surface area contributed by atoms with Crippen molar-refractivity contribution in [3.8, 4) is 0 Å². The minimum absolute atomic E-state index is 0.200. The van der Waals surface area contributed by atoms with Gasteiger partial charge in [-0.25, -0.2) is 8.78 Å². The maximum absolute atomic E-state index is 12.4. The molecule has 3 nitrogen and oxygen atoms in total. The van der Waals surface area contributed by atoms with Crippen molar-refractivity contribution in [2.24, 2.45) is 5.92 Å². The van der Waals surface area contributed by atoms with Crippen molar-refractivity contribution in [3.63, 3.8) is 0 Å². The minimum Gasteiger partial charge on any atom is -0.480 e. The first-order valence-electron chi connectivity index (χ1n) is 4.77. The zero-order chi connectivity index (χ0) is 10.7. The highest BCUT2D eigenvalue weighted by Gasteiger charge is 2.31. The predicted octanol–water partition coefficient (Wildman–Crippen LogP) is 1.44. The molecule has 0 saturated carbocycles. The molecular formula is C9H15F2NO2. The normalized spacial score (nSPS) is 26.4. The Labute approximate surface area is 81.7 Å². The van der Waals surface area contributed by atoms with Crippen LogP contribution in [0.2, 0.25) is 0 Å². The lowest BCUT2D eigenvalue weighted by atomic mass is 9.97. The first kappa shape index (κ1) is 11.4. The number of carboxylic acids is 1. The number of carboxylic acid groups (broad SMARTS) is 1. The van der Waals surface area contributed by atoms with Crippen LogP contribution in [0.1, 0.15) is 19.8 Å². The molecule has 1 saturated heterocycles. The third-order valence-electron chi connectivity index (χ3n) is 2.75. The molecule has 1 aliphatic rings. The smallest absolute Gasteiger partial charge is 0.320 e. The first-order chi connectivity index (χ1) is 6.52. The van der Waals surface area contributed by atoms with E-state index in [9.17, 15) is 13.6 Å². The largest absolute Gasteiger partial charge is 0.480 e. The Balaban J connectivity index is 2.51. The highest BCUT2D eigenvalue weighted by atomic mass is 19.3. The van der Waals surface area contributed by atoms with Gasteiger partial charge in [-0.3, -0.25) is 9.69 Å². The van der Waals surface area contributed by atoms with Crippen LogP contribution in [0.15, 0.2) is 0 Å². The molecule has 5 heteroatoms. The van der Waals surface area contributed by atoms with Crippen LogP contribution in [0.5, 0.6) is 0 Å². The van der Waals surface area contributed by atoms with E-state index in [-0.39, 0.29) is 6.54 Å². The van der Waals surface area contributed by atoms with Gasteiger partial charge >= 0.3 is 5.97 Å². The molecule has 0 aromatic rings. The number of hydrogen-bond acceptors (Lipinski definition) is 2. The fourth-order valence-corrected chi connectivity index (χ4v) is 1.75. The summed E-state index contributed by atoms with van der Waals surface area (Å²) in [6, 6.07) is -0.656. The maximum Gasteiger partial charge on any atom is 0.320 e. The standard InChI is InChI=1S/C9H15F2NO2/c1-6(9(13)14)12-4-2-3-7(5-12)8(10)11/h6-8H,2-5H2,1H3,(H,13,14)/t6-,7+/m0/s1. The second-order valence-corrected chi connectivity index (χ2v) is 3.75. The molecular weight excluding hydrogens is 192 g/mol. The lowest BCUT2D eigenvalue weighted by Gasteiger charge is -2.34. The Morgan fingerprint density at radius 1 is 1.57 bits per heavy atom. The Hall–Kier alpha value is -0.710. The molecule has 1 fully saturated rings. The number of carbonyl (C=O) groups is 1. The fraction of sp³-hybridized carbons (Fsp3) is 0.889. The number of rotatable bonds is 3.